The Hall–Kier alpha value is -2.63. The Morgan fingerprint density at radius 3 is 2.86 bits per heavy atom. The molecule has 3 rings (SSSR count). The SMILES string of the molecule is CN1C(=O)CC(C)(c2cccc(-c3cc[nH]n3)c2)N=C1N. The van der Waals surface area contributed by atoms with Gasteiger partial charge in [0.05, 0.1) is 17.7 Å². The Morgan fingerprint density at radius 2 is 2.19 bits per heavy atom. The fourth-order valence-electron chi connectivity index (χ4n) is 2.51. The number of nitrogens with one attached hydrogen (secondary N) is 1. The number of nitrogens with zero attached hydrogens (tertiary/aromatic N) is 3. The quantitative estimate of drug-likeness (QED) is 0.874. The van der Waals surface area contributed by atoms with Gasteiger partial charge in [-0.1, -0.05) is 18.2 Å². The molecule has 3 N–H and O–H groups in total. The normalized spacial score (nSPS) is 22.3. The first-order valence-electron chi connectivity index (χ1n) is 6.72. The maximum absolute atomic E-state index is 12.1. The fraction of sp³-hybridized carbons (Fsp3) is 0.267. The van der Waals surface area contributed by atoms with Crippen LogP contribution in [0.1, 0.15) is 18.9 Å². The van der Waals surface area contributed by atoms with Crippen LogP contribution < -0.4 is 5.73 Å². The van der Waals surface area contributed by atoms with E-state index in [2.05, 4.69) is 15.2 Å². The molecular weight excluding hydrogens is 266 g/mol. The molecule has 1 aliphatic heterocycles. The molecule has 1 unspecified atom stereocenters. The molecule has 6 heteroatoms. The van der Waals surface area contributed by atoms with Crippen LogP contribution in [0.15, 0.2) is 41.5 Å². The van der Waals surface area contributed by atoms with E-state index in [0.29, 0.717) is 6.42 Å². The summed E-state index contributed by atoms with van der Waals surface area (Å²) in [5, 5.41) is 6.98. The summed E-state index contributed by atoms with van der Waals surface area (Å²) in [4.78, 5) is 18.0. The average molecular weight is 283 g/mol. The monoisotopic (exact) mass is 283 g/mol. The third-order valence-corrected chi connectivity index (χ3v) is 3.86. The number of aromatic nitrogens is 2. The minimum Gasteiger partial charge on any atom is -0.369 e. The van der Waals surface area contributed by atoms with Gasteiger partial charge in [-0.25, -0.2) is 4.99 Å². The van der Waals surface area contributed by atoms with Crippen LogP contribution in [0.5, 0.6) is 0 Å². The van der Waals surface area contributed by atoms with E-state index in [1.165, 1.54) is 4.90 Å². The maximum Gasteiger partial charge on any atom is 0.231 e. The van der Waals surface area contributed by atoms with Crippen molar-refractivity contribution in [2.45, 2.75) is 18.9 Å². The molecule has 0 fully saturated rings. The first-order valence-corrected chi connectivity index (χ1v) is 6.72. The van der Waals surface area contributed by atoms with Crippen LogP contribution in [0, 0.1) is 0 Å². The predicted molar refractivity (Wildman–Crippen MR) is 80.4 cm³/mol. The third-order valence-electron chi connectivity index (χ3n) is 3.86. The smallest absolute Gasteiger partial charge is 0.231 e. The highest BCUT2D eigenvalue weighted by molar-refractivity contribution is 5.98. The molecule has 21 heavy (non-hydrogen) atoms. The van der Waals surface area contributed by atoms with Crippen molar-refractivity contribution in [2.24, 2.45) is 10.7 Å². The molecule has 0 saturated heterocycles. The van der Waals surface area contributed by atoms with Gasteiger partial charge in [-0.05, 0) is 24.6 Å². The van der Waals surface area contributed by atoms with Gasteiger partial charge in [-0.15, -0.1) is 0 Å². The number of aliphatic imine (C=N–C) groups is 1. The molecule has 1 atom stereocenters. The van der Waals surface area contributed by atoms with E-state index in [4.69, 9.17) is 5.73 Å². The van der Waals surface area contributed by atoms with Gasteiger partial charge in [0.2, 0.25) is 5.91 Å². The van der Waals surface area contributed by atoms with Gasteiger partial charge >= 0.3 is 0 Å². The molecule has 1 aromatic heterocycles. The molecule has 1 aromatic carbocycles. The molecule has 0 spiro atoms. The molecule has 2 heterocycles. The molecule has 0 radical (unpaired) electrons. The highest BCUT2D eigenvalue weighted by Gasteiger charge is 2.36. The summed E-state index contributed by atoms with van der Waals surface area (Å²) >= 11 is 0. The number of carbonyl (C=O) groups is 1. The van der Waals surface area contributed by atoms with Crippen molar-refractivity contribution < 1.29 is 4.79 Å². The lowest BCUT2D eigenvalue weighted by Gasteiger charge is -2.33. The standard InChI is InChI=1S/C15H17N5O/c1-15(9-13(21)20(2)14(16)18-15)11-5-3-4-10(8-11)12-6-7-17-19-12/h3-8H,9H2,1-2H3,(H2,16,18)(H,17,19). The largest absolute Gasteiger partial charge is 0.369 e. The summed E-state index contributed by atoms with van der Waals surface area (Å²) < 4.78 is 0. The average Bonchev–Trinajstić information content (AvgIpc) is 2.99. The van der Waals surface area contributed by atoms with Crippen molar-refractivity contribution in [3.63, 3.8) is 0 Å². The van der Waals surface area contributed by atoms with Gasteiger partial charge < -0.3 is 5.73 Å². The fourth-order valence-corrected chi connectivity index (χ4v) is 2.51. The van der Waals surface area contributed by atoms with E-state index in [1.807, 2.05) is 37.3 Å². The van der Waals surface area contributed by atoms with Crippen molar-refractivity contribution in [1.82, 2.24) is 15.1 Å². The molecule has 108 valence electrons. The van der Waals surface area contributed by atoms with Crippen LogP contribution in [-0.2, 0) is 10.3 Å². The molecule has 0 bridgehead atoms. The lowest BCUT2D eigenvalue weighted by molar-refractivity contribution is -0.128. The number of carbonyl (C=O) groups excluding carboxylic acids is 1. The van der Waals surface area contributed by atoms with Crippen molar-refractivity contribution in [3.8, 4) is 11.3 Å². The van der Waals surface area contributed by atoms with Crippen LogP contribution >= 0.6 is 0 Å². The zero-order valence-electron chi connectivity index (χ0n) is 12.0. The highest BCUT2D eigenvalue weighted by Crippen LogP contribution is 2.34. The zero-order valence-corrected chi connectivity index (χ0v) is 12.0. The predicted octanol–water partition coefficient (Wildman–Crippen LogP) is 1.47. The van der Waals surface area contributed by atoms with E-state index in [-0.39, 0.29) is 11.9 Å². The molecule has 0 saturated carbocycles. The van der Waals surface area contributed by atoms with Crippen LogP contribution in [-0.4, -0.2) is 34.0 Å². The van der Waals surface area contributed by atoms with Gasteiger partial charge in [0.15, 0.2) is 5.96 Å². The summed E-state index contributed by atoms with van der Waals surface area (Å²) in [6, 6.07) is 9.79. The molecule has 1 aliphatic rings. The molecule has 2 aromatic rings. The summed E-state index contributed by atoms with van der Waals surface area (Å²) in [5.74, 6) is 0.217. The Bertz CT molecular complexity index is 707. The van der Waals surface area contributed by atoms with Crippen LogP contribution in [0.25, 0.3) is 11.3 Å². The maximum atomic E-state index is 12.1. The Morgan fingerprint density at radius 1 is 1.38 bits per heavy atom. The lowest BCUT2D eigenvalue weighted by atomic mass is 9.86. The highest BCUT2D eigenvalue weighted by atomic mass is 16.2. The number of aromatic amines is 1. The van der Waals surface area contributed by atoms with Crippen molar-refractivity contribution in [1.29, 1.82) is 0 Å². The number of hydrogen-bond acceptors (Lipinski definition) is 4. The lowest BCUT2D eigenvalue weighted by Crippen LogP contribution is -2.47. The summed E-state index contributed by atoms with van der Waals surface area (Å²) in [6.07, 6.45) is 2.08. The number of guanidine groups is 1. The number of hydrogen-bond donors (Lipinski definition) is 2. The van der Waals surface area contributed by atoms with Gasteiger partial charge in [-0.3, -0.25) is 14.8 Å². The molecule has 1 amide bonds. The van der Waals surface area contributed by atoms with E-state index < -0.39 is 5.54 Å². The van der Waals surface area contributed by atoms with E-state index in [9.17, 15) is 4.79 Å². The van der Waals surface area contributed by atoms with Crippen molar-refractivity contribution in [2.75, 3.05) is 7.05 Å². The number of rotatable bonds is 2. The Labute approximate surface area is 122 Å². The van der Waals surface area contributed by atoms with Crippen molar-refractivity contribution in [3.05, 3.63) is 42.1 Å². The second-order valence-corrected chi connectivity index (χ2v) is 5.41. The second kappa shape index (κ2) is 4.73. The van der Waals surface area contributed by atoms with E-state index in [1.54, 1.807) is 13.2 Å². The zero-order chi connectivity index (χ0) is 15.0. The van der Waals surface area contributed by atoms with E-state index in [0.717, 1.165) is 16.8 Å². The van der Waals surface area contributed by atoms with Gasteiger partial charge in [0, 0.05) is 18.8 Å². The van der Waals surface area contributed by atoms with Gasteiger partial charge in [-0.2, -0.15) is 5.10 Å². The summed E-state index contributed by atoms with van der Waals surface area (Å²) in [6.45, 7) is 1.93. The minimum absolute atomic E-state index is 0.0322. The van der Waals surface area contributed by atoms with Crippen LogP contribution in [0.4, 0.5) is 0 Å². The van der Waals surface area contributed by atoms with Crippen LogP contribution in [0.3, 0.4) is 0 Å². The van der Waals surface area contributed by atoms with Crippen molar-refractivity contribution >= 4 is 11.9 Å². The summed E-state index contributed by atoms with van der Waals surface area (Å²) in [7, 11) is 1.64. The topological polar surface area (TPSA) is 87.4 Å². The second-order valence-electron chi connectivity index (χ2n) is 5.41. The van der Waals surface area contributed by atoms with Crippen LogP contribution in [0.2, 0.25) is 0 Å². The Kier molecular flexibility index (Phi) is 3.01. The molecule has 0 aliphatic carbocycles. The summed E-state index contributed by atoms with van der Waals surface area (Å²) in [5.41, 5.74) is 8.00. The first kappa shape index (κ1) is 13.4. The van der Waals surface area contributed by atoms with Gasteiger partial charge in [0.1, 0.15) is 0 Å². The first-order chi connectivity index (χ1) is 9.99. The number of H-pyrrole nitrogens is 1. The number of benzene rings is 1. The number of amides is 1. The number of nitrogens with two attached hydrogens (primary N) is 1. The minimum atomic E-state index is -0.639. The molecular formula is C15H17N5O. The Balaban J connectivity index is 2.04. The molecule has 6 nitrogen and oxygen atoms in total. The van der Waals surface area contributed by atoms with E-state index >= 15 is 0 Å². The van der Waals surface area contributed by atoms with Gasteiger partial charge in [0.25, 0.3) is 0 Å². The third kappa shape index (κ3) is 2.29.